The van der Waals surface area contributed by atoms with Crippen LogP contribution < -0.4 is 0 Å². The first-order valence-electron chi connectivity index (χ1n) is 6.57. The third kappa shape index (κ3) is 3.56. The van der Waals surface area contributed by atoms with Gasteiger partial charge < -0.3 is 4.74 Å². The molecule has 1 saturated heterocycles. The number of hydrogen-bond acceptors (Lipinski definition) is 3. The van der Waals surface area contributed by atoms with Crippen molar-refractivity contribution in [3.63, 3.8) is 0 Å². The van der Waals surface area contributed by atoms with Crippen molar-refractivity contribution >= 4 is 17.4 Å². The summed E-state index contributed by atoms with van der Waals surface area (Å²) in [5.41, 5.74) is 0.522. The summed E-state index contributed by atoms with van der Waals surface area (Å²) in [5, 5.41) is 0.650. The van der Waals surface area contributed by atoms with Gasteiger partial charge in [0.2, 0.25) is 0 Å². The number of ketones is 1. The van der Waals surface area contributed by atoms with Crippen molar-refractivity contribution in [3.8, 4) is 0 Å². The Morgan fingerprint density at radius 1 is 1.37 bits per heavy atom. The zero-order valence-electron chi connectivity index (χ0n) is 11.6. The van der Waals surface area contributed by atoms with Gasteiger partial charge in [0.25, 0.3) is 0 Å². The molecule has 0 aliphatic carbocycles. The van der Waals surface area contributed by atoms with Gasteiger partial charge in [-0.15, -0.1) is 0 Å². The molecule has 1 unspecified atom stereocenters. The number of rotatable bonds is 3. The molecule has 1 aromatic rings. The fourth-order valence-electron chi connectivity index (χ4n) is 2.40. The molecule has 104 valence electrons. The van der Waals surface area contributed by atoms with E-state index in [1.165, 1.54) is 0 Å². The lowest BCUT2D eigenvalue weighted by molar-refractivity contribution is -0.0915. The highest BCUT2D eigenvalue weighted by atomic mass is 35.5. The van der Waals surface area contributed by atoms with E-state index in [1.807, 2.05) is 6.92 Å². The van der Waals surface area contributed by atoms with Gasteiger partial charge in [-0.1, -0.05) is 11.6 Å². The van der Waals surface area contributed by atoms with Gasteiger partial charge in [-0.05, 0) is 45.0 Å². The molecule has 19 heavy (non-hydrogen) atoms. The second-order valence-corrected chi connectivity index (χ2v) is 6.06. The summed E-state index contributed by atoms with van der Waals surface area (Å²) < 4.78 is 5.68. The van der Waals surface area contributed by atoms with E-state index in [1.54, 1.807) is 24.3 Å². The molecule has 1 aromatic carbocycles. The average molecular weight is 282 g/mol. The SMILES string of the molecule is CC(C(=O)c1ccc(Cl)cc1)N1CCOC(C)(C)C1. The van der Waals surface area contributed by atoms with Crippen molar-refractivity contribution in [2.45, 2.75) is 32.4 Å². The van der Waals surface area contributed by atoms with Crippen LogP contribution >= 0.6 is 11.6 Å². The van der Waals surface area contributed by atoms with Crippen molar-refractivity contribution in [2.75, 3.05) is 19.7 Å². The van der Waals surface area contributed by atoms with Crippen LogP contribution in [0.4, 0.5) is 0 Å². The van der Waals surface area contributed by atoms with E-state index in [0.717, 1.165) is 13.1 Å². The highest BCUT2D eigenvalue weighted by molar-refractivity contribution is 6.30. The quantitative estimate of drug-likeness (QED) is 0.798. The average Bonchev–Trinajstić information content (AvgIpc) is 2.37. The van der Waals surface area contributed by atoms with E-state index in [0.29, 0.717) is 17.2 Å². The summed E-state index contributed by atoms with van der Waals surface area (Å²) in [6.45, 7) is 8.30. The summed E-state index contributed by atoms with van der Waals surface area (Å²) in [6.07, 6.45) is 0. The van der Waals surface area contributed by atoms with Crippen LogP contribution in [0.3, 0.4) is 0 Å². The number of halogens is 1. The number of Topliss-reactive ketones (excluding diaryl/α,β-unsaturated/α-hetero) is 1. The molecule has 1 fully saturated rings. The topological polar surface area (TPSA) is 29.5 Å². The summed E-state index contributed by atoms with van der Waals surface area (Å²) >= 11 is 5.84. The lowest BCUT2D eigenvalue weighted by atomic mass is 10.0. The van der Waals surface area contributed by atoms with Crippen LogP contribution in [0.1, 0.15) is 31.1 Å². The van der Waals surface area contributed by atoms with E-state index in [-0.39, 0.29) is 17.4 Å². The van der Waals surface area contributed by atoms with Crippen LogP contribution in [0, 0.1) is 0 Å². The molecule has 0 amide bonds. The second kappa shape index (κ2) is 5.61. The highest BCUT2D eigenvalue weighted by Crippen LogP contribution is 2.20. The van der Waals surface area contributed by atoms with Crippen LogP contribution in [0.5, 0.6) is 0 Å². The van der Waals surface area contributed by atoms with Gasteiger partial charge >= 0.3 is 0 Å². The Hall–Kier alpha value is -0.900. The molecule has 1 heterocycles. The number of benzene rings is 1. The summed E-state index contributed by atoms with van der Waals surface area (Å²) in [5.74, 6) is 0.134. The summed E-state index contributed by atoms with van der Waals surface area (Å²) in [6, 6.07) is 6.94. The third-order valence-corrected chi connectivity index (χ3v) is 3.76. The molecule has 0 spiro atoms. The minimum absolute atomic E-state index is 0.134. The van der Waals surface area contributed by atoms with Gasteiger partial charge in [0.15, 0.2) is 5.78 Å². The Bertz CT molecular complexity index is 456. The van der Waals surface area contributed by atoms with Gasteiger partial charge in [0, 0.05) is 23.7 Å². The molecule has 1 aliphatic rings. The van der Waals surface area contributed by atoms with Crippen molar-refractivity contribution in [1.29, 1.82) is 0 Å². The molecule has 1 atom stereocenters. The first kappa shape index (κ1) is 14.5. The molecule has 0 aromatic heterocycles. The Morgan fingerprint density at radius 2 is 2.00 bits per heavy atom. The predicted molar refractivity (Wildman–Crippen MR) is 76.8 cm³/mol. The number of hydrogen-bond donors (Lipinski definition) is 0. The second-order valence-electron chi connectivity index (χ2n) is 5.63. The van der Waals surface area contributed by atoms with Crippen LogP contribution in [0.15, 0.2) is 24.3 Å². The largest absolute Gasteiger partial charge is 0.373 e. The predicted octanol–water partition coefficient (Wildman–Crippen LogP) is 3.02. The van der Waals surface area contributed by atoms with Crippen molar-refractivity contribution in [1.82, 2.24) is 4.90 Å². The van der Waals surface area contributed by atoms with Crippen LogP contribution in [-0.2, 0) is 4.74 Å². The smallest absolute Gasteiger partial charge is 0.179 e. The van der Waals surface area contributed by atoms with Gasteiger partial charge in [0.05, 0.1) is 18.2 Å². The molecule has 0 bridgehead atoms. The summed E-state index contributed by atoms with van der Waals surface area (Å²) in [4.78, 5) is 14.6. The molecule has 0 saturated carbocycles. The number of nitrogens with zero attached hydrogens (tertiary/aromatic N) is 1. The molecule has 0 radical (unpaired) electrons. The third-order valence-electron chi connectivity index (χ3n) is 3.51. The van der Waals surface area contributed by atoms with Gasteiger partial charge in [0.1, 0.15) is 0 Å². The van der Waals surface area contributed by atoms with E-state index in [9.17, 15) is 4.79 Å². The van der Waals surface area contributed by atoms with Crippen molar-refractivity contribution in [2.24, 2.45) is 0 Å². The van der Waals surface area contributed by atoms with Crippen LogP contribution in [0.2, 0.25) is 5.02 Å². The minimum Gasteiger partial charge on any atom is -0.373 e. The zero-order chi connectivity index (χ0) is 14.0. The molecular formula is C15H20ClNO2. The standard InChI is InChI=1S/C15H20ClNO2/c1-11(17-8-9-19-15(2,3)10-17)14(18)12-4-6-13(16)7-5-12/h4-7,11H,8-10H2,1-3H3. The number of morpholine rings is 1. The lowest BCUT2D eigenvalue weighted by Gasteiger charge is -2.40. The maximum atomic E-state index is 12.4. The molecule has 2 rings (SSSR count). The highest BCUT2D eigenvalue weighted by Gasteiger charge is 2.32. The number of carbonyl (C=O) groups excluding carboxylic acids is 1. The van der Waals surface area contributed by atoms with Crippen LogP contribution in [0.25, 0.3) is 0 Å². The Balaban J connectivity index is 2.08. The number of carbonyl (C=O) groups is 1. The molecule has 0 N–H and O–H groups in total. The van der Waals surface area contributed by atoms with Gasteiger partial charge in [-0.2, -0.15) is 0 Å². The molecule has 3 nitrogen and oxygen atoms in total. The summed E-state index contributed by atoms with van der Waals surface area (Å²) in [7, 11) is 0. The van der Waals surface area contributed by atoms with Crippen molar-refractivity contribution < 1.29 is 9.53 Å². The van der Waals surface area contributed by atoms with Gasteiger partial charge in [-0.3, -0.25) is 9.69 Å². The Morgan fingerprint density at radius 3 is 2.58 bits per heavy atom. The molecule has 1 aliphatic heterocycles. The number of ether oxygens (including phenoxy) is 1. The zero-order valence-corrected chi connectivity index (χ0v) is 12.4. The fraction of sp³-hybridized carbons (Fsp3) is 0.533. The van der Waals surface area contributed by atoms with E-state index in [4.69, 9.17) is 16.3 Å². The fourth-order valence-corrected chi connectivity index (χ4v) is 2.53. The maximum Gasteiger partial charge on any atom is 0.179 e. The minimum atomic E-state index is -0.188. The lowest BCUT2D eigenvalue weighted by Crippen LogP contribution is -2.53. The van der Waals surface area contributed by atoms with Crippen LogP contribution in [-0.4, -0.2) is 42.0 Å². The maximum absolute atomic E-state index is 12.4. The molecule has 4 heteroatoms. The Kier molecular flexibility index (Phi) is 4.29. The van der Waals surface area contributed by atoms with E-state index in [2.05, 4.69) is 18.7 Å². The van der Waals surface area contributed by atoms with Gasteiger partial charge in [-0.25, -0.2) is 0 Å². The Labute approximate surface area is 119 Å². The molecular weight excluding hydrogens is 262 g/mol. The van der Waals surface area contributed by atoms with E-state index < -0.39 is 0 Å². The first-order valence-corrected chi connectivity index (χ1v) is 6.95. The first-order chi connectivity index (χ1) is 8.89. The van der Waals surface area contributed by atoms with Crippen molar-refractivity contribution in [3.05, 3.63) is 34.9 Å². The van der Waals surface area contributed by atoms with E-state index >= 15 is 0 Å². The normalized spacial score (nSPS) is 21.1. The monoisotopic (exact) mass is 281 g/mol.